The number of carboxylic acid groups (broad SMARTS) is 1. The van der Waals surface area contributed by atoms with Crippen LogP contribution in [0.15, 0.2) is 78.9 Å². The molecule has 5 heterocycles. The molecule has 5 aliphatic rings. The third kappa shape index (κ3) is 15.2. The van der Waals surface area contributed by atoms with Crippen LogP contribution in [-0.4, -0.2) is 192 Å². The number of halogens is 3. The minimum Gasteiger partial charge on any atom is -0.465 e. The molecule has 0 saturated carbocycles. The first kappa shape index (κ1) is 66.3. The lowest BCUT2D eigenvalue weighted by Gasteiger charge is -2.47. The van der Waals surface area contributed by atoms with Gasteiger partial charge in [0.05, 0.1) is 25.2 Å². The van der Waals surface area contributed by atoms with E-state index in [4.69, 9.17) is 14.2 Å². The van der Waals surface area contributed by atoms with Gasteiger partial charge in [0.15, 0.2) is 0 Å². The summed E-state index contributed by atoms with van der Waals surface area (Å²) in [5.41, 5.74) is 0.612. The molecule has 3 fully saturated rings. The predicted molar refractivity (Wildman–Crippen MR) is 327 cm³/mol. The van der Waals surface area contributed by atoms with Gasteiger partial charge in [-0.3, -0.25) is 43.5 Å². The molecule has 0 aliphatic carbocycles. The molecule has 0 aromatic heterocycles. The van der Waals surface area contributed by atoms with E-state index in [9.17, 15) is 43.1 Å². The van der Waals surface area contributed by atoms with Crippen molar-refractivity contribution in [3.05, 3.63) is 124 Å². The van der Waals surface area contributed by atoms with Gasteiger partial charge >= 0.3 is 12.2 Å². The first-order valence-corrected chi connectivity index (χ1v) is 30.5. The molecule has 2 unspecified atom stereocenters. The van der Waals surface area contributed by atoms with Gasteiger partial charge in [-0.2, -0.15) is 0 Å². The monoisotopic (exact) mass is 1250 g/mol. The molecule has 25 heteroatoms. The van der Waals surface area contributed by atoms with E-state index in [2.05, 4.69) is 26.2 Å². The molecule has 5 N–H and O–H groups in total. The zero-order valence-corrected chi connectivity index (χ0v) is 52.1. The molecule has 5 aliphatic heterocycles. The van der Waals surface area contributed by atoms with Crippen LogP contribution in [0, 0.1) is 23.4 Å². The van der Waals surface area contributed by atoms with Gasteiger partial charge in [-0.25, -0.2) is 22.8 Å². The average Bonchev–Trinajstić information content (AvgIpc) is 1.60. The largest absolute Gasteiger partial charge is 0.465 e. The van der Waals surface area contributed by atoms with Crippen LogP contribution in [0.5, 0.6) is 0 Å². The standard InChI is InChI=1S/C65H81F3N10O12/c1-38-31-75(47(34-76(38)62(85)86)33-74-24-27-89-36-39(74)2)35-54(80)78-37-65(7,49-19-14-42(29-52(49)78)28-41-12-16-45(66)17-13-41)61(84)69-23-20-53(79)70-46-18-15-44-32-77(57(48(44)30-46)59(82)72-56-50(67)10-9-11-51(56)68)60(83)55(43-21-25-88-26-22-43)71-58(81)40(3)73(8)63(87)90-64(4,5)6/h9-19,29-30,38-40,43,47,55,57H,20-28,31-37H2,1-8H3,(H,69,84)(H,70,79)(H,71,81)(H,72,82)(H,85,86)/t38-,39-,40?,47+,55?,57+,65-/m1/s1. The summed E-state index contributed by atoms with van der Waals surface area (Å²) in [7, 11) is 1.39. The van der Waals surface area contributed by atoms with Crippen molar-refractivity contribution in [2.24, 2.45) is 5.92 Å². The summed E-state index contributed by atoms with van der Waals surface area (Å²) in [6.45, 7) is 14.8. The number of piperazine rings is 1. The van der Waals surface area contributed by atoms with Crippen molar-refractivity contribution in [1.82, 2.24) is 35.1 Å². The van der Waals surface area contributed by atoms with Crippen LogP contribution in [0.4, 0.5) is 39.8 Å². The second-order valence-corrected chi connectivity index (χ2v) is 25.4. The summed E-state index contributed by atoms with van der Waals surface area (Å²) >= 11 is 0. The Hall–Kier alpha value is -8.13. The van der Waals surface area contributed by atoms with Crippen molar-refractivity contribution >= 4 is 64.7 Å². The van der Waals surface area contributed by atoms with Gasteiger partial charge in [-0.15, -0.1) is 0 Å². The van der Waals surface area contributed by atoms with Crippen LogP contribution in [0.25, 0.3) is 0 Å². The first-order chi connectivity index (χ1) is 42.7. The number of carbonyl (C=O) groups excluding carboxylic acids is 7. The van der Waals surface area contributed by atoms with Crippen molar-refractivity contribution in [3.63, 3.8) is 0 Å². The van der Waals surface area contributed by atoms with E-state index in [1.807, 2.05) is 36.9 Å². The van der Waals surface area contributed by atoms with Crippen LogP contribution in [0.2, 0.25) is 0 Å². The first-order valence-electron chi connectivity index (χ1n) is 30.5. The SMILES string of the molecule is CC(C(=O)NC(C(=O)N1Cc2ccc(NC(=O)CCNC(=O)[C@]3(C)CN(C(=O)CN4C[C@@H](C)N(C(=O)O)C[C@@H]4CN4CCOC[C@H]4C)c4cc(Cc5ccc(F)cc5)ccc43)cc2[C@H]1C(=O)Nc1c(F)cccc1F)C1CCOCC1)N(C)C(=O)OC(C)(C)C. The van der Waals surface area contributed by atoms with Gasteiger partial charge in [0, 0.05) is 102 Å². The number of para-hydroxylation sites is 1. The summed E-state index contributed by atoms with van der Waals surface area (Å²) in [5, 5.41) is 21.0. The fourth-order valence-corrected chi connectivity index (χ4v) is 12.5. The number of amides is 8. The van der Waals surface area contributed by atoms with Crippen molar-refractivity contribution in [3.8, 4) is 0 Å². The Morgan fingerprint density at radius 2 is 1.53 bits per heavy atom. The van der Waals surface area contributed by atoms with Crippen LogP contribution in [-0.2, 0) is 61.4 Å². The smallest absolute Gasteiger partial charge is 0.410 e. The molecular formula is C65H81F3N10O12. The molecular weight excluding hydrogens is 1170 g/mol. The second-order valence-electron chi connectivity index (χ2n) is 25.4. The molecule has 8 amide bonds. The number of hydrogen-bond donors (Lipinski definition) is 5. The molecule has 7 atom stereocenters. The lowest BCUT2D eigenvalue weighted by Crippen LogP contribution is -2.64. The Balaban J connectivity index is 0.917. The van der Waals surface area contributed by atoms with Gasteiger partial charge in [-0.1, -0.05) is 36.4 Å². The quantitative estimate of drug-likeness (QED) is 0.0723. The predicted octanol–water partition coefficient (Wildman–Crippen LogP) is 6.41. The van der Waals surface area contributed by atoms with Crippen LogP contribution < -0.4 is 26.2 Å². The highest BCUT2D eigenvalue weighted by Gasteiger charge is 2.49. The number of fused-ring (bicyclic) bond motifs is 2. The highest BCUT2D eigenvalue weighted by atomic mass is 19.1. The number of benzene rings is 4. The Kier molecular flexibility index (Phi) is 20.6. The number of hydrogen-bond acceptors (Lipinski definition) is 13. The van der Waals surface area contributed by atoms with Crippen molar-refractivity contribution in [1.29, 1.82) is 0 Å². The number of likely N-dealkylation sites (N-methyl/N-ethyl adjacent to an activating group) is 1. The Morgan fingerprint density at radius 3 is 2.21 bits per heavy atom. The lowest BCUT2D eigenvalue weighted by molar-refractivity contribution is -0.144. The molecule has 9 rings (SSSR count). The van der Waals surface area contributed by atoms with E-state index in [1.165, 1.54) is 42.0 Å². The molecule has 0 radical (unpaired) electrons. The highest BCUT2D eigenvalue weighted by molar-refractivity contribution is 6.04. The number of morpholine rings is 1. The average molecular weight is 1250 g/mol. The number of carbonyl (C=O) groups is 8. The molecule has 0 spiro atoms. The normalized spacial score (nSPS) is 22.0. The van der Waals surface area contributed by atoms with Crippen LogP contribution >= 0.6 is 0 Å². The zero-order chi connectivity index (χ0) is 64.9. The topological polar surface area (TPSA) is 252 Å². The van der Waals surface area contributed by atoms with Crippen molar-refractivity contribution in [2.75, 3.05) is 94.8 Å². The molecule has 90 heavy (non-hydrogen) atoms. The van der Waals surface area contributed by atoms with Gasteiger partial charge in [0.1, 0.15) is 46.9 Å². The Morgan fingerprint density at radius 1 is 0.833 bits per heavy atom. The molecule has 22 nitrogen and oxygen atoms in total. The zero-order valence-electron chi connectivity index (χ0n) is 52.1. The molecule has 4 aromatic rings. The summed E-state index contributed by atoms with van der Waals surface area (Å²) in [6, 6.07) is 14.7. The van der Waals surface area contributed by atoms with E-state index in [1.54, 1.807) is 56.9 Å². The van der Waals surface area contributed by atoms with E-state index >= 15 is 13.6 Å². The fourth-order valence-electron chi connectivity index (χ4n) is 12.5. The third-order valence-corrected chi connectivity index (χ3v) is 17.7. The van der Waals surface area contributed by atoms with Crippen molar-refractivity contribution < 1.29 is 70.8 Å². The second kappa shape index (κ2) is 27.9. The van der Waals surface area contributed by atoms with Gasteiger partial charge in [0.2, 0.25) is 29.5 Å². The molecule has 0 bridgehead atoms. The van der Waals surface area contributed by atoms with Gasteiger partial charge in [0.25, 0.3) is 5.91 Å². The van der Waals surface area contributed by atoms with E-state index in [-0.39, 0.29) is 87.4 Å². The van der Waals surface area contributed by atoms with Crippen LogP contribution in [0.1, 0.15) is 102 Å². The van der Waals surface area contributed by atoms with Crippen LogP contribution in [0.3, 0.4) is 0 Å². The number of anilines is 3. The maximum atomic E-state index is 15.2. The van der Waals surface area contributed by atoms with Crippen molar-refractivity contribution in [2.45, 2.75) is 128 Å². The van der Waals surface area contributed by atoms with E-state index in [0.29, 0.717) is 68.9 Å². The Labute approximate surface area is 521 Å². The fraction of sp³-hybridized carbons (Fsp3) is 0.508. The molecule has 4 aromatic carbocycles. The summed E-state index contributed by atoms with van der Waals surface area (Å²) in [6.07, 6.45) is -0.969. The van der Waals surface area contributed by atoms with Gasteiger partial charge in [-0.05, 0) is 144 Å². The summed E-state index contributed by atoms with van der Waals surface area (Å²) in [5.74, 6) is -6.72. The third-order valence-electron chi connectivity index (χ3n) is 17.7. The number of nitrogens with one attached hydrogen (secondary N) is 4. The minimum atomic E-state index is -1.55. The number of rotatable bonds is 18. The summed E-state index contributed by atoms with van der Waals surface area (Å²) in [4.78, 5) is 122. The van der Waals surface area contributed by atoms with Gasteiger partial charge < -0.3 is 55.3 Å². The summed E-state index contributed by atoms with van der Waals surface area (Å²) < 4.78 is 61.0. The maximum Gasteiger partial charge on any atom is 0.410 e. The molecule has 3 saturated heterocycles. The lowest BCUT2D eigenvalue weighted by atomic mass is 9.83. The minimum absolute atomic E-state index is 0.0608. The van der Waals surface area contributed by atoms with E-state index < -0.39 is 100 Å². The molecule has 484 valence electrons. The highest BCUT2D eigenvalue weighted by Crippen LogP contribution is 2.43. The van der Waals surface area contributed by atoms with E-state index in [0.717, 1.165) is 34.2 Å². The Bertz CT molecular complexity index is 3340. The number of nitrogens with zero attached hydrogens (tertiary/aromatic N) is 6. The number of ether oxygens (including phenoxy) is 3. The maximum absolute atomic E-state index is 15.2.